The summed E-state index contributed by atoms with van der Waals surface area (Å²) in [6.07, 6.45) is 4.85. The number of thiophene rings is 1. The van der Waals surface area contributed by atoms with Gasteiger partial charge < -0.3 is 9.80 Å². The van der Waals surface area contributed by atoms with Crippen molar-refractivity contribution < 1.29 is 4.79 Å². The molecule has 2 atom stereocenters. The quantitative estimate of drug-likeness (QED) is 0.830. The first-order valence-electron chi connectivity index (χ1n) is 7.24. The number of aryl methyl sites for hydroxylation is 1. The van der Waals surface area contributed by atoms with E-state index in [2.05, 4.69) is 16.8 Å². The molecule has 0 unspecified atom stereocenters. The second-order valence-electron chi connectivity index (χ2n) is 5.83. The molecular weight excluding hydrogens is 256 g/mol. The predicted molar refractivity (Wildman–Crippen MR) is 78.8 cm³/mol. The van der Waals surface area contributed by atoms with Gasteiger partial charge in [-0.15, -0.1) is 11.3 Å². The van der Waals surface area contributed by atoms with Crippen LogP contribution in [-0.2, 0) is 0 Å². The zero-order valence-electron chi connectivity index (χ0n) is 11.8. The number of likely N-dealkylation sites (N-methyl/N-ethyl adjacent to an activating group) is 1. The van der Waals surface area contributed by atoms with Gasteiger partial charge in [0.05, 0.1) is 4.88 Å². The Hall–Kier alpha value is -0.870. The molecule has 2 saturated heterocycles. The van der Waals surface area contributed by atoms with Crippen molar-refractivity contribution in [1.82, 2.24) is 9.80 Å². The van der Waals surface area contributed by atoms with Crippen LogP contribution in [-0.4, -0.2) is 47.9 Å². The maximum atomic E-state index is 12.7. The number of hydrogen-bond acceptors (Lipinski definition) is 3. The molecule has 0 aliphatic carbocycles. The van der Waals surface area contributed by atoms with Crippen LogP contribution in [0.15, 0.2) is 11.4 Å². The molecule has 3 heterocycles. The molecule has 19 heavy (non-hydrogen) atoms. The Morgan fingerprint density at radius 1 is 1.26 bits per heavy atom. The highest BCUT2D eigenvalue weighted by molar-refractivity contribution is 7.12. The molecule has 2 aliphatic heterocycles. The monoisotopic (exact) mass is 278 g/mol. The number of carbonyl (C=O) groups excluding carboxylic acids is 1. The van der Waals surface area contributed by atoms with Gasteiger partial charge in [-0.25, -0.2) is 0 Å². The van der Waals surface area contributed by atoms with E-state index in [1.807, 2.05) is 18.4 Å². The first-order chi connectivity index (χ1) is 9.18. The van der Waals surface area contributed by atoms with Crippen LogP contribution in [0.4, 0.5) is 0 Å². The predicted octanol–water partition coefficient (Wildman–Crippen LogP) is 2.76. The molecule has 4 heteroatoms. The molecule has 0 spiro atoms. The molecule has 1 aromatic rings. The van der Waals surface area contributed by atoms with Gasteiger partial charge in [-0.1, -0.05) is 0 Å². The van der Waals surface area contributed by atoms with Gasteiger partial charge in [0.15, 0.2) is 0 Å². The minimum Gasteiger partial charge on any atom is -0.333 e. The van der Waals surface area contributed by atoms with Gasteiger partial charge in [-0.3, -0.25) is 4.79 Å². The molecule has 0 aromatic carbocycles. The molecule has 2 fully saturated rings. The van der Waals surface area contributed by atoms with Gasteiger partial charge in [0.1, 0.15) is 0 Å². The minimum atomic E-state index is 0.260. The third kappa shape index (κ3) is 2.32. The molecule has 0 bridgehead atoms. The van der Waals surface area contributed by atoms with Gasteiger partial charge in [0, 0.05) is 18.6 Å². The number of rotatable bonds is 2. The lowest BCUT2D eigenvalue weighted by molar-refractivity contribution is 0.0668. The molecule has 0 N–H and O–H groups in total. The number of carbonyl (C=O) groups is 1. The normalized spacial score (nSPS) is 28.2. The number of likely N-dealkylation sites (tertiary alicyclic amines) is 2. The summed E-state index contributed by atoms with van der Waals surface area (Å²) in [6.45, 7) is 4.16. The van der Waals surface area contributed by atoms with Crippen LogP contribution in [0.1, 0.15) is 40.9 Å². The standard InChI is InChI=1S/C15H22N2OS/c1-11-7-10-19-14(11)15(18)17-9-4-6-13(17)12-5-3-8-16(12)2/h7,10,12-13H,3-6,8-9H2,1-2H3/t12-,13+/m1/s1. The fraction of sp³-hybridized carbons (Fsp3) is 0.667. The van der Waals surface area contributed by atoms with Crippen LogP contribution in [0, 0.1) is 6.92 Å². The van der Waals surface area contributed by atoms with E-state index in [4.69, 9.17) is 0 Å². The lowest BCUT2D eigenvalue weighted by Crippen LogP contribution is -2.47. The summed E-state index contributed by atoms with van der Waals surface area (Å²) < 4.78 is 0. The largest absolute Gasteiger partial charge is 0.333 e. The molecule has 2 aliphatic rings. The van der Waals surface area contributed by atoms with Gasteiger partial charge in [0.2, 0.25) is 0 Å². The van der Waals surface area contributed by atoms with Crippen LogP contribution in [0.25, 0.3) is 0 Å². The van der Waals surface area contributed by atoms with Gasteiger partial charge >= 0.3 is 0 Å². The Bertz CT molecular complexity index is 470. The highest BCUT2D eigenvalue weighted by atomic mass is 32.1. The summed E-state index contributed by atoms with van der Waals surface area (Å²) in [5, 5.41) is 2.02. The molecular formula is C15H22N2OS. The molecule has 1 amide bonds. The maximum absolute atomic E-state index is 12.7. The van der Waals surface area contributed by atoms with Crippen molar-refractivity contribution in [2.24, 2.45) is 0 Å². The fourth-order valence-corrected chi connectivity index (χ4v) is 4.47. The van der Waals surface area contributed by atoms with Crippen LogP contribution in [0.5, 0.6) is 0 Å². The van der Waals surface area contributed by atoms with Crippen molar-refractivity contribution in [1.29, 1.82) is 0 Å². The number of nitrogens with zero attached hydrogens (tertiary/aromatic N) is 2. The van der Waals surface area contributed by atoms with E-state index in [0.29, 0.717) is 12.1 Å². The minimum absolute atomic E-state index is 0.260. The summed E-state index contributed by atoms with van der Waals surface area (Å²) in [5.41, 5.74) is 1.13. The number of hydrogen-bond donors (Lipinski definition) is 0. The zero-order valence-corrected chi connectivity index (χ0v) is 12.6. The van der Waals surface area contributed by atoms with Crippen molar-refractivity contribution in [3.8, 4) is 0 Å². The van der Waals surface area contributed by atoms with E-state index >= 15 is 0 Å². The van der Waals surface area contributed by atoms with Crippen molar-refractivity contribution >= 4 is 17.2 Å². The second-order valence-corrected chi connectivity index (χ2v) is 6.75. The summed E-state index contributed by atoms with van der Waals surface area (Å²) in [4.78, 5) is 18.2. The molecule has 0 saturated carbocycles. The summed E-state index contributed by atoms with van der Waals surface area (Å²) in [7, 11) is 2.20. The SMILES string of the molecule is Cc1ccsc1C(=O)N1CCC[C@H]1[C@H]1CCCN1C. The van der Waals surface area contributed by atoms with Crippen LogP contribution >= 0.6 is 11.3 Å². The Morgan fingerprint density at radius 3 is 2.63 bits per heavy atom. The molecule has 1 aromatic heterocycles. The first kappa shape index (κ1) is 13.1. The Labute approximate surface area is 119 Å². The van der Waals surface area contributed by atoms with Crippen LogP contribution in [0.2, 0.25) is 0 Å². The maximum Gasteiger partial charge on any atom is 0.264 e. The zero-order chi connectivity index (χ0) is 13.4. The summed E-state index contributed by atoms with van der Waals surface area (Å²) in [5.74, 6) is 0.260. The Balaban J connectivity index is 1.80. The average molecular weight is 278 g/mol. The van der Waals surface area contributed by atoms with Gasteiger partial charge in [-0.05, 0) is 63.2 Å². The number of amides is 1. The second kappa shape index (κ2) is 5.25. The van der Waals surface area contributed by atoms with Crippen molar-refractivity contribution in [2.45, 2.75) is 44.7 Å². The van der Waals surface area contributed by atoms with E-state index in [0.717, 1.165) is 23.4 Å². The smallest absolute Gasteiger partial charge is 0.264 e. The van der Waals surface area contributed by atoms with Crippen molar-refractivity contribution in [3.05, 3.63) is 21.9 Å². The lowest BCUT2D eigenvalue weighted by atomic mass is 10.0. The van der Waals surface area contributed by atoms with E-state index in [1.54, 1.807) is 11.3 Å². The highest BCUT2D eigenvalue weighted by Crippen LogP contribution is 2.31. The average Bonchev–Trinajstić information content (AvgIpc) is 3.07. The van der Waals surface area contributed by atoms with E-state index in [9.17, 15) is 4.79 Å². The van der Waals surface area contributed by atoms with Crippen molar-refractivity contribution in [2.75, 3.05) is 20.1 Å². The van der Waals surface area contributed by atoms with Crippen LogP contribution in [0.3, 0.4) is 0 Å². The summed E-state index contributed by atoms with van der Waals surface area (Å²) >= 11 is 1.59. The Morgan fingerprint density at radius 2 is 2.00 bits per heavy atom. The fourth-order valence-electron chi connectivity index (χ4n) is 3.59. The third-order valence-corrected chi connectivity index (χ3v) is 5.64. The molecule has 104 valence electrons. The van der Waals surface area contributed by atoms with Gasteiger partial charge in [-0.2, -0.15) is 0 Å². The lowest BCUT2D eigenvalue weighted by Gasteiger charge is -2.33. The summed E-state index contributed by atoms with van der Waals surface area (Å²) in [6, 6.07) is 3.05. The molecule has 3 rings (SSSR count). The van der Waals surface area contributed by atoms with E-state index < -0.39 is 0 Å². The molecule has 0 radical (unpaired) electrons. The third-order valence-electron chi connectivity index (χ3n) is 4.64. The van der Waals surface area contributed by atoms with Gasteiger partial charge in [0.25, 0.3) is 5.91 Å². The topological polar surface area (TPSA) is 23.6 Å². The first-order valence-corrected chi connectivity index (χ1v) is 8.12. The van der Waals surface area contributed by atoms with E-state index in [-0.39, 0.29) is 5.91 Å². The van der Waals surface area contributed by atoms with Crippen LogP contribution < -0.4 is 0 Å². The van der Waals surface area contributed by atoms with Crippen molar-refractivity contribution in [3.63, 3.8) is 0 Å². The van der Waals surface area contributed by atoms with E-state index in [1.165, 1.54) is 25.8 Å². The Kier molecular flexibility index (Phi) is 3.63. The highest BCUT2D eigenvalue weighted by Gasteiger charge is 2.39. The molecule has 3 nitrogen and oxygen atoms in total.